The Morgan fingerprint density at radius 3 is 2.87 bits per heavy atom. The van der Waals surface area contributed by atoms with Crippen LogP contribution in [0.15, 0.2) is 41.1 Å². The second-order valence-electron chi connectivity index (χ2n) is 5.45. The zero-order chi connectivity index (χ0) is 16.2. The molecule has 23 heavy (non-hydrogen) atoms. The third kappa shape index (κ3) is 4.00. The Labute approximate surface area is 148 Å². The summed E-state index contributed by atoms with van der Waals surface area (Å²) < 4.78 is 0.880. The lowest BCUT2D eigenvalue weighted by molar-refractivity contribution is -0.120. The van der Waals surface area contributed by atoms with Gasteiger partial charge in [0.05, 0.1) is 16.6 Å². The number of rotatable bonds is 3. The van der Waals surface area contributed by atoms with Crippen molar-refractivity contribution in [2.75, 3.05) is 23.3 Å². The van der Waals surface area contributed by atoms with Crippen LogP contribution in [-0.2, 0) is 4.79 Å². The van der Waals surface area contributed by atoms with Crippen LogP contribution in [0, 0.1) is 5.92 Å². The molecule has 1 aliphatic heterocycles. The van der Waals surface area contributed by atoms with E-state index in [4.69, 9.17) is 11.6 Å². The van der Waals surface area contributed by atoms with Crippen molar-refractivity contribution < 1.29 is 4.79 Å². The summed E-state index contributed by atoms with van der Waals surface area (Å²) in [6, 6.07) is 7.20. The zero-order valence-corrected chi connectivity index (χ0v) is 14.7. The summed E-state index contributed by atoms with van der Waals surface area (Å²) in [7, 11) is 0. The average molecular weight is 396 g/mol. The Morgan fingerprint density at radius 1 is 1.35 bits per heavy atom. The summed E-state index contributed by atoms with van der Waals surface area (Å²) in [6.45, 7) is 1.48. The van der Waals surface area contributed by atoms with Gasteiger partial charge in [0, 0.05) is 30.0 Å². The van der Waals surface area contributed by atoms with Gasteiger partial charge < -0.3 is 10.2 Å². The third-order valence-electron chi connectivity index (χ3n) is 3.82. The molecule has 1 N–H and O–H groups in total. The average Bonchev–Trinajstić information content (AvgIpc) is 2.58. The van der Waals surface area contributed by atoms with Crippen LogP contribution in [0.5, 0.6) is 0 Å². The normalized spacial score (nSPS) is 17.8. The van der Waals surface area contributed by atoms with Gasteiger partial charge in [0.25, 0.3) is 0 Å². The van der Waals surface area contributed by atoms with Gasteiger partial charge in [-0.1, -0.05) is 27.5 Å². The number of hydrogen-bond acceptors (Lipinski definition) is 4. The first-order valence-electron chi connectivity index (χ1n) is 7.41. The molecule has 120 valence electrons. The summed E-state index contributed by atoms with van der Waals surface area (Å²) in [5, 5.41) is 3.44. The van der Waals surface area contributed by atoms with E-state index in [0.717, 1.165) is 23.9 Å². The molecule has 2 aromatic rings. The smallest absolute Gasteiger partial charge is 0.229 e. The van der Waals surface area contributed by atoms with Gasteiger partial charge in [-0.25, -0.2) is 9.97 Å². The molecule has 1 aromatic heterocycles. The van der Waals surface area contributed by atoms with Crippen molar-refractivity contribution >= 4 is 45.1 Å². The second-order valence-corrected chi connectivity index (χ2v) is 6.77. The lowest BCUT2D eigenvalue weighted by Crippen LogP contribution is -2.41. The second kappa shape index (κ2) is 7.27. The van der Waals surface area contributed by atoms with Gasteiger partial charge in [0.1, 0.15) is 0 Å². The minimum absolute atomic E-state index is 0.0187. The van der Waals surface area contributed by atoms with Crippen LogP contribution < -0.4 is 10.2 Å². The number of halogens is 2. The quantitative estimate of drug-likeness (QED) is 0.860. The molecule has 0 saturated carbocycles. The summed E-state index contributed by atoms with van der Waals surface area (Å²) in [4.78, 5) is 23.1. The van der Waals surface area contributed by atoms with Crippen molar-refractivity contribution in [2.24, 2.45) is 5.92 Å². The van der Waals surface area contributed by atoms with Gasteiger partial charge in [-0.3, -0.25) is 4.79 Å². The fourth-order valence-electron chi connectivity index (χ4n) is 2.65. The Bertz CT molecular complexity index is 698. The van der Waals surface area contributed by atoms with Crippen LogP contribution in [0.4, 0.5) is 11.6 Å². The first kappa shape index (κ1) is 16.2. The number of carbonyl (C=O) groups is 1. The van der Waals surface area contributed by atoms with Gasteiger partial charge in [0.15, 0.2) is 0 Å². The Hall–Kier alpha value is -1.66. The highest BCUT2D eigenvalue weighted by molar-refractivity contribution is 9.10. The minimum Gasteiger partial charge on any atom is -0.340 e. The minimum atomic E-state index is -0.104. The number of nitrogens with one attached hydrogen (secondary N) is 1. The van der Waals surface area contributed by atoms with Crippen molar-refractivity contribution in [3.63, 3.8) is 0 Å². The summed E-state index contributed by atoms with van der Waals surface area (Å²) in [6.07, 6.45) is 5.22. The molecular weight excluding hydrogens is 380 g/mol. The van der Waals surface area contributed by atoms with E-state index in [1.807, 2.05) is 6.07 Å². The molecule has 1 amide bonds. The van der Waals surface area contributed by atoms with E-state index in [2.05, 4.69) is 36.1 Å². The predicted octanol–water partition coefficient (Wildman–Crippen LogP) is 3.75. The molecule has 1 unspecified atom stereocenters. The molecule has 0 radical (unpaired) electrons. The number of amides is 1. The van der Waals surface area contributed by atoms with Crippen LogP contribution in [-0.4, -0.2) is 29.0 Å². The van der Waals surface area contributed by atoms with Crippen LogP contribution in [0.2, 0.25) is 5.02 Å². The number of carbonyl (C=O) groups excluding carboxylic acids is 1. The molecule has 7 heteroatoms. The van der Waals surface area contributed by atoms with Gasteiger partial charge >= 0.3 is 0 Å². The highest BCUT2D eigenvalue weighted by Gasteiger charge is 2.27. The number of benzene rings is 1. The maximum absolute atomic E-state index is 12.5. The predicted molar refractivity (Wildman–Crippen MR) is 94.8 cm³/mol. The molecule has 5 nitrogen and oxygen atoms in total. The van der Waals surface area contributed by atoms with E-state index >= 15 is 0 Å². The molecule has 1 aliphatic rings. The molecule has 0 aliphatic carbocycles. The highest BCUT2D eigenvalue weighted by Crippen LogP contribution is 2.27. The summed E-state index contributed by atoms with van der Waals surface area (Å²) >= 11 is 9.52. The Balaban J connectivity index is 1.67. The first-order valence-corrected chi connectivity index (χ1v) is 8.58. The summed E-state index contributed by atoms with van der Waals surface area (Å²) in [5.41, 5.74) is 0.632. The number of piperidine rings is 1. The molecule has 1 saturated heterocycles. The number of nitrogens with zero attached hydrogens (tertiary/aromatic N) is 3. The molecule has 1 aromatic carbocycles. The van der Waals surface area contributed by atoms with Gasteiger partial charge in [-0.2, -0.15) is 0 Å². The fourth-order valence-corrected chi connectivity index (χ4v) is 3.37. The highest BCUT2D eigenvalue weighted by atomic mass is 79.9. The fraction of sp³-hybridized carbons (Fsp3) is 0.312. The largest absolute Gasteiger partial charge is 0.340 e. The number of aromatic nitrogens is 2. The molecule has 0 spiro atoms. The zero-order valence-electron chi connectivity index (χ0n) is 12.4. The van der Waals surface area contributed by atoms with E-state index in [-0.39, 0.29) is 11.8 Å². The van der Waals surface area contributed by atoms with Crippen LogP contribution in [0.25, 0.3) is 0 Å². The van der Waals surface area contributed by atoms with Gasteiger partial charge in [-0.05, 0) is 37.1 Å². The van der Waals surface area contributed by atoms with Crippen molar-refractivity contribution in [2.45, 2.75) is 12.8 Å². The van der Waals surface area contributed by atoms with Gasteiger partial charge in [-0.15, -0.1) is 0 Å². The van der Waals surface area contributed by atoms with Crippen molar-refractivity contribution in [1.82, 2.24) is 9.97 Å². The van der Waals surface area contributed by atoms with Crippen molar-refractivity contribution in [1.29, 1.82) is 0 Å². The SMILES string of the molecule is O=C(Nc1ccc(Br)cc1Cl)C1CCCN(c2ncccn2)C1. The van der Waals surface area contributed by atoms with E-state index < -0.39 is 0 Å². The topological polar surface area (TPSA) is 58.1 Å². The monoisotopic (exact) mass is 394 g/mol. The van der Waals surface area contributed by atoms with E-state index in [0.29, 0.717) is 23.2 Å². The lowest BCUT2D eigenvalue weighted by atomic mass is 9.97. The van der Waals surface area contributed by atoms with E-state index in [1.54, 1.807) is 30.6 Å². The molecule has 2 heterocycles. The number of hydrogen-bond donors (Lipinski definition) is 1. The van der Waals surface area contributed by atoms with Crippen LogP contribution in [0.3, 0.4) is 0 Å². The first-order chi connectivity index (χ1) is 11.1. The van der Waals surface area contributed by atoms with E-state index in [9.17, 15) is 4.79 Å². The van der Waals surface area contributed by atoms with E-state index in [1.165, 1.54) is 0 Å². The molecular formula is C16H16BrClN4O. The van der Waals surface area contributed by atoms with Crippen molar-refractivity contribution in [3.05, 3.63) is 46.2 Å². The number of anilines is 2. The maximum atomic E-state index is 12.5. The molecule has 3 rings (SSSR count). The van der Waals surface area contributed by atoms with Crippen molar-refractivity contribution in [3.8, 4) is 0 Å². The van der Waals surface area contributed by atoms with Crippen LogP contribution in [0.1, 0.15) is 12.8 Å². The summed E-state index contributed by atoms with van der Waals surface area (Å²) in [5.74, 6) is 0.550. The maximum Gasteiger partial charge on any atom is 0.229 e. The van der Waals surface area contributed by atoms with Crippen LogP contribution >= 0.6 is 27.5 Å². The standard InChI is InChI=1S/C16H16BrClN4O/c17-12-4-5-14(13(18)9-12)21-15(23)11-3-1-8-22(10-11)16-19-6-2-7-20-16/h2,4-7,9,11H,1,3,8,10H2,(H,21,23). The Kier molecular flexibility index (Phi) is 5.13. The third-order valence-corrected chi connectivity index (χ3v) is 4.62. The Morgan fingerprint density at radius 2 is 2.13 bits per heavy atom. The lowest BCUT2D eigenvalue weighted by Gasteiger charge is -2.31. The molecule has 1 fully saturated rings. The molecule has 1 atom stereocenters. The molecule has 0 bridgehead atoms. The van der Waals surface area contributed by atoms with Gasteiger partial charge in [0.2, 0.25) is 11.9 Å².